The highest BCUT2D eigenvalue weighted by atomic mass is 79.9. The molecule has 0 bridgehead atoms. The number of nitrogens with one attached hydrogen (secondary N) is 1. The van der Waals surface area contributed by atoms with Crippen LogP contribution in [0.5, 0.6) is 0 Å². The number of hydrogen-bond acceptors (Lipinski definition) is 3. The van der Waals surface area contributed by atoms with E-state index in [1.165, 1.54) is 0 Å². The van der Waals surface area contributed by atoms with Crippen molar-refractivity contribution in [3.8, 4) is 0 Å². The third-order valence-electron chi connectivity index (χ3n) is 2.24. The van der Waals surface area contributed by atoms with Gasteiger partial charge >= 0.3 is 0 Å². The van der Waals surface area contributed by atoms with Crippen molar-refractivity contribution in [1.82, 2.24) is 4.72 Å². The van der Waals surface area contributed by atoms with Gasteiger partial charge < -0.3 is 0 Å². The van der Waals surface area contributed by atoms with E-state index in [4.69, 9.17) is 11.6 Å². The average molecular weight is 446 g/mol. The summed E-state index contributed by atoms with van der Waals surface area (Å²) in [5, 5.41) is 0.582. The van der Waals surface area contributed by atoms with Gasteiger partial charge in [-0.3, -0.25) is 0 Å². The number of halogens is 3. The van der Waals surface area contributed by atoms with Gasteiger partial charge in [-0.15, -0.1) is 11.3 Å². The number of rotatable bonds is 4. The molecule has 0 aliphatic carbocycles. The van der Waals surface area contributed by atoms with Crippen LogP contribution in [0.15, 0.2) is 42.8 Å². The zero-order valence-electron chi connectivity index (χ0n) is 9.36. The lowest BCUT2D eigenvalue weighted by molar-refractivity contribution is 0.583. The molecule has 0 amide bonds. The molecule has 0 radical (unpaired) electrons. The average Bonchev–Trinajstić information content (AvgIpc) is 2.68. The van der Waals surface area contributed by atoms with Crippen LogP contribution < -0.4 is 4.72 Å². The topological polar surface area (TPSA) is 46.2 Å². The van der Waals surface area contributed by atoms with Gasteiger partial charge in [-0.05, 0) is 55.6 Å². The SMILES string of the molecule is O=S(=O)(NCc1cccc(Cl)c1)c1cc(Br)c(Br)s1. The van der Waals surface area contributed by atoms with Gasteiger partial charge in [0.1, 0.15) is 4.21 Å². The fourth-order valence-electron chi connectivity index (χ4n) is 1.36. The molecule has 2 rings (SSSR count). The van der Waals surface area contributed by atoms with Crippen LogP contribution in [0.3, 0.4) is 0 Å². The Balaban J connectivity index is 2.14. The summed E-state index contributed by atoms with van der Waals surface area (Å²) in [6, 6.07) is 8.63. The molecule has 1 N–H and O–H groups in total. The minimum Gasteiger partial charge on any atom is -0.206 e. The molecular weight excluding hydrogens is 438 g/mol. The van der Waals surface area contributed by atoms with Crippen LogP contribution >= 0.6 is 54.8 Å². The minimum atomic E-state index is -3.51. The molecule has 0 saturated carbocycles. The Bertz CT molecular complexity index is 681. The van der Waals surface area contributed by atoms with Crippen LogP contribution in [0.1, 0.15) is 5.56 Å². The third kappa shape index (κ3) is 4.03. The summed E-state index contributed by atoms with van der Waals surface area (Å²) in [4.78, 5) is 0. The van der Waals surface area contributed by atoms with Gasteiger partial charge in [0.15, 0.2) is 0 Å². The van der Waals surface area contributed by atoms with Gasteiger partial charge in [-0.25, -0.2) is 13.1 Å². The molecule has 1 heterocycles. The second kappa shape index (κ2) is 6.24. The number of benzene rings is 1. The van der Waals surface area contributed by atoms with E-state index in [9.17, 15) is 8.42 Å². The summed E-state index contributed by atoms with van der Waals surface area (Å²) < 4.78 is 28.4. The van der Waals surface area contributed by atoms with Crippen LogP contribution in [-0.2, 0) is 16.6 Å². The maximum Gasteiger partial charge on any atom is 0.250 e. The Morgan fingerprint density at radius 3 is 2.58 bits per heavy atom. The lowest BCUT2D eigenvalue weighted by atomic mass is 10.2. The molecular formula is C11H8Br2ClNO2S2. The molecule has 0 aliphatic rings. The molecule has 2 aromatic rings. The molecule has 0 unspecified atom stereocenters. The van der Waals surface area contributed by atoms with E-state index in [1.807, 2.05) is 6.07 Å². The zero-order chi connectivity index (χ0) is 14.0. The smallest absolute Gasteiger partial charge is 0.206 e. The van der Waals surface area contributed by atoms with E-state index in [1.54, 1.807) is 24.3 Å². The molecule has 0 saturated heterocycles. The highest BCUT2D eigenvalue weighted by Gasteiger charge is 2.18. The third-order valence-corrected chi connectivity index (χ3v) is 7.61. The van der Waals surface area contributed by atoms with Crippen LogP contribution in [-0.4, -0.2) is 8.42 Å². The van der Waals surface area contributed by atoms with Gasteiger partial charge in [0.25, 0.3) is 0 Å². The Kier molecular flexibility index (Phi) is 5.08. The van der Waals surface area contributed by atoms with E-state index in [2.05, 4.69) is 36.6 Å². The van der Waals surface area contributed by atoms with Crippen molar-refractivity contribution in [3.63, 3.8) is 0 Å². The van der Waals surface area contributed by atoms with Crippen molar-refractivity contribution >= 4 is 64.8 Å². The van der Waals surface area contributed by atoms with Crippen molar-refractivity contribution in [2.24, 2.45) is 0 Å². The zero-order valence-corrected chi connectivity index (χ0v) is 14.9. The fourth-order valence-corrected chi connectivity index (χ4v) is 5.45. The van der Waals surface area contributed by atoms with Crippen molar-refractivity contribution < 1.29 is 8.42 Å². The van der Waals surface area contributed by atoms with Crippen molar-refractivity contribution in [2.75, 3.05) is 0 Å². The standard InChI is InChI=1S/C11H8Br2ClNO2S2/c12-9-5-10(18-11(9)13)19(16,17)15-6-7-2-1-3-8(14)4-7/h1-5,15H,6H2. The van der Waals surface area contributed by atoms with Gasteiger partial charge in [0, 0.05) is 16.0 Å². The normalized spacial score (nSPS) is 11.7. The second-order valence-electron chi connectivity index (χ2n) is 3.64. The van der Waals surface area contributed by atoms with E-state index in [-0.39, 0.29) is 10.8 Å². The molecule has 1 aromatic heterocycles. The first-order chi connectivity index (χ1) is 8.88. The Morgan fingerprint density at radius 1 is 1.26 bits per heavy atom. The van der Waals surface area contributed by atoms with E-state index in [0.29, 0.717) is 5.02 Å². The quantitative estimate of drug-likeness (QED) is 0.758. The fraction of sp³-hybridized carbons (Fsp3) is 0.0909. The Morgan fingerprint density at radius 2 is 2.00 bits per heavy atom. The van der Waals surface area contributed by atoms with Gasteiger partial charge in [-0.2, -0.15) is 0 Å². The first-order valence-electron chi connectivity index (χ1n) is 5.07. The summed E-state index contributed by atoms with van der Waals surface area (Å²) in [6.07, 6.45) is 0. The summed E-state index contributed by atoms with van der Waals surface area (Å²) in [5.74, 6) is 0. The second-order valence-corrected chi connectivity index (χ2v) is 9.30. The van der Waals surface area contributed by atoms with Crippen molar-refractivity contribution in [3.05, 3.63) is 49.2 Å². The van der Waals surface area contributed by atoms with E-state index in [0.717, 1.165) is 25.2 Å². The molecule has 19 heavy (non-hydrogen) atoms. The first-order valence-corrected chi connectivity index (χ1v) is 9.34. The van der Waals surface area contributed by atoms with E-state index >= 15 is 0 Å². The molecule has 3 nitrogen and oxygen atoms in total. The number of hydrogen-bond donors (Lipinski definition) is 1. The lowest BCUT2D eigenvalue weighted by Crippen LogP contribution is -2.22. The summed E-state index contributed by atoms with van der Waals surface area (Å²) >= 11 is 13.5. The maximum absolute atomic E-state index is 12.1. The van der Waals surface area contributed by atoms with Gasteiger partial charge in [0.05, 0.1) is 3.79 Å². The molecule has 0 aliphatic heterocycles. The monoisotopic (exact) mass is 443 g/mol. The highest BCUT2D eigenvalue weighted by molar-refractivity contribution is 9.13. The minimum absolute atomic E-state index is 0.204. The first kappa shape index (κ1) is 15.5. The number of sulfonamides is 1. The summed E-state index contributed by atoms with van der Waals surface area (Å²) in [5.41, 5.74) is 0.811. The molecule has 8 heteroatoms. The van der Waals surface area contributed by atoms with Crippen LogP contribution in [0, 0.1) is 0 Å². The largest absolute Gasteiger partial charge is 0.250 e. The van der Waals surface area contributed by atoms with Gasteiger partial charge in [-0.1, -0.05) is 23.7 Å². The molecule has 102 valence electrons. The van der Waals surface area contributed by atoms with Crippen LogP contribution in [0.2, 0.25) is 5.02 Å². The molecule has 0 spiro atoms. The summed E-state index contributed by atoms with van der Waals surface area (Å²) in [7, 11) is -3.51. The van der Waals surface area contributed by atoms with Crippen molar-refractivity contribution in [1.29, 1.82) is 0 Å². The Hall–Kier alpha value is 0.0800. The van der Waals surface area contributed by atoms with E-state index < -0.39 is 10.0 Å². The molecule has 1 aromatic carbocycles. The van der Waals surface area contributed by atoms with Crippen LogP contribution in [0.25, 0.3) is 0 Å². The highest BCUT2D eigenvalue weighted by Crippen LogP contribution is 2.34. The summed E-state index contributed by atoms with van der Waals surface area (Å²) in [6.45, 7) is 0.204. The number of thiophene rings is 1. The van der Waals surface area contributed by atoms with Crippen LogP contribution in [0.4, 0.5) is 0 Å². The Labute approximate surface area is 137 Å². The van der Waals surface area contributed by atoms with Crippen molar-refractivity contribution in [2.45, 2.75) is 10.8 Å². The molecule has 0 atom stereocenters. The lowest BCUT2D eigenvalue weighted by Gasteiger charge is -2.05. The predicted octanol–water partition coefficient (Wildman–Crippen LogP) is 4.41. The predicted molar refractivity (Wildman–Crippen MR) is 85.2 cm³/mol. The maximum atomic E-state index is 12.1. The molecule has 0 fully saturated rings. The van der Waals surface area contributed by atoms with Gasteiger partial charge in [0.2, 0.25) is 10.0 Å².